The Morgan fingerprint density at radius 1 is 1.86 bits per heavy atom. The summed E-state index contributed by atoms with van der Waals surface area (Å²) in [7, 11) is 0. The Hall–Kier alpha value is -0.370. The minimum Gasteiger partial charge on any atom is -0.305 e. The summed E-state index contributed by atoms with van der Waals surface area (Å²) in [5, 5.41) is 6.38. The van der Waals surface area contributed by atoms with E-state index < -0.39 is 0 Å². The SMILES string of the molecule is N=CC(=O)CCCl. The van der Waals surface area contributed by atoms with Crippen molar-refractivity contribution in [2.75, 3.05) is 5.88 Å². The molecule has 1 N–H and O–H groups in total. The highest BCUT2D eigenvalue weighted by Gasteiger charge is 1.90. The van der Waals surface area contributed by atoms with E-state index in [-0.39, 0.29) is 12.2 Å². The molecular formula is C4H6ClNO. The van der Waals surface area contributed by atoms with Gasteiger partial charge in [-0.2, -0.15) is 0 Å². The van der Waals surface area contributed by atoms with E-state index in [1.54, 1.807) is 0 Å². The van der Waals surface area contributed by atoms with Crippen molar-refractivity contribution in [2.45, 2.75) is 6.42 Å². The zero-order chi connectivity index (χ0) is 5.70. The van der Waals surface area contributed by atoms with Crippen LogP contribution in [-0.2, 0) is 4.79 Å². The Balaban J connectivity index is 3.17. The quantitative estimate of drug-likeness (QED) is 0.434. The van der Waals surface area contributed by atoms with E-state index in [0.29, 0.717) is 5.88 Å². The van der Waals surface area contributed by atoms with Gasteiger partial charge in [0, 0.05) is 12.3 Å². The summed E-state index contributed by atoms with van der Waals surface area (Å²) in [4.78, 5) is 10.1. The summed E-state index contributed by atoms with van der Waals surface area (Å²) in [5.74, 6) is 0.101. The summed E-state index contributed by atoms with van der Waals surface area (Å²) >= 11 is 5.15. The third-order valence-corrected chi connectivity index (χ3v) is 0.691. The number of nitrogens with one attached hydrogen (secondary N) is 1. The van der Waals surface area contributed by atoms with Crippen molar-refractivity contribution in [1.29, 1.82) is 5.41 Å². The molecule has 0 aromatic rings. The zero-order valence-electron chi connectivity index (χ0n) is 3.78. The number of carbonyl (C=O) groups excluding carboxylic acids is 1. The van der Waals surface area contributed by atoms with Crippen LogP contribution in [0.4, 0.5) is 0 Å². The Labute approximate surface area is 47.0 Å². The minimum atomic E-state index is -0.213. The number of ketones is 1. The Kier molecular flexibility index (Phi) is 3.61. The van der Waals surface area contributed by atoms with Crippen LogP contribution in [0.3, 0.4) is 0 Å². The van der Waals surface area contributed by atoms with Gasteiger partial charge < -0.3 is 5.41 Å². The molecule has 0 saturated heterocycles. The molecule has 0 aromatic carbocycles. The molecule has 0 spiro atoms. The summed E-state index contributed by atoms with van der Waals surface area (Å²) in [6, 6.07) is 0. The first-order valence-electron chi connectivity index (χ1n) is 1.90. The summed E-state index contributed by atoms with van der Waals surface area (Å²) in [6.45, 7) is 0. The Bertz CT molecular complexity index is 81.8. The second-order valence-electron chi connectivity index (χ2n) is 1.05. The monoisotopic (exact) mass is 119 g/mol. The predicted octanol–water partition coefficient (Wildman–Crippen LogP) is 0.834. The lowest BCUT2D eigenvalue weighted by atomic mass is 10.3. The summed E-state index contributed by atoms with van der Waals surface area (Å²) in [6.07, 6.45) is 1.06. The second-order valence-corrected chi connectivity index (χ2v) is 1.43. The minimum absolute atomic E-state index is 0.213. The molecule has 0 aromatic heterocycles. The van der Waals surface area contributed by atoms with Crippen LogP contribution in [-0.4, -0.2) is 17.9 Å². The fraction of sp³-hybridized carbons (Fsp3) is 0.500. The lowest BCUT2D eigenvalue weighted by Crippen LogP contribution is -1.97. The molecule has 0 atom stereocenters. The van der Waals surface area contributed by atoms with Crippen molar-refractivity contribution in [3.05, 3.63) is 0 Å². The number of halogens is 1. The van der Waals surface area contributed by atoms with Crippen LogP contribution in [0, 0.1) is 5.41 Å². The first-order chi connectivity index (χ1) is 3.31. The van der Waals surface area contributed by atoms with E-state index in [0.717, 1.165) is 6.21 Å². The van der Waals surface area contributed by atoms with Gasteiger partial charge in [-0.3, -0.25) is 4.79 Å². The molecule has 0 aliphatic rings. The van der Waals surface area contributed by atoms with E-state index in [4.69, 9.17) is 17.0 Å². The average molecular weight is 120 g/mol. The molecule has 0 unspecified atom stereocenters. The highest BCUT2D eigenvalue weighted by atomic mass is 35.5. The van der Waals surface area contributed by atoms with E-state index >= 15 is 0 Å². The average Bonchev–Trinajstić information content (AvgIpc) is 1.68. The first-order valence-corrected chi connectivity index (χ1v) is 2.44. The van der Waals surface area contributed by atoms with Crippen LogP contribution >= 0.6 is 11.6 Å². The Morgan fingerprint density at radius 2 is 2.43 bits per heavy atom. The fourth-order valence-electron chi connectivity index (χ4n) is 0.165. The molecule has 0 aliphatic carbocycles. The van der Waals surface area contributed by atoms with Gasteiger partial charge in [0.05, 0.1) is 6.21 Å². The fourth-order valence-corrected chi connectivity index (χ4v) is 0.352. The molecule has 0 rings (SSSR count). The third-order valence-electron chi connectivity index (χ3n) is 0.502. The molecule has 0 bridgehead atoms. The molecule has 40 valence electrons. The number of Topliss-reactive ketones (excluding diaryl/α,β-unsaturated/α-hetero) is 1. The van der Waals surface area contributed by atoms with E-state index in [1.165, 1.54) is 0 Å². The van der Waals surface area contributed by atoms with Crippen LogP contribution in [0.15, 0.2) is 0 Å². The van der Waals surface area contributed by atoms with Gasteiger partial charge in [0.15, 0.2) is 5.78 Å². The van der Waals surface area contributed by atoms with E-state index in [9.17, 15) is 4.79 Å². The van der Waals surface area contributed by atoms with Crippen LogP contribution in [0.1, 0.15) is 6.42 Å². The van der Waals surface area contributed by atoms with Crippen molar-refractivity contribution in [3.8, 4) is 0 Å². The topological polar surface area (TPSA) is 40.9 Å². The highest BCUT2D eigenvalue weighted by molar-refractivity contribution is 6.29. The van der Waals surface area contributed by atoms with Gasteiger partial charge >= 0.3 is 0 Å². The van der Waals surface area contributed by atoms with E-state index in [1.807, 2.05) is 0 Å². The standard InChI is InChI=1S/C4H6ClNO/c5-2-1-4(7)3-6/h3,6H,1-2H2. The third kappa shape index (κ3) is 3.46. The van der Waals surface area contributed by atoms with Crippen molar-refractivity contribution in [2.24, 2.45) is 0 Å². The van der Waals surface area contributed by atoms with Gasteiger partial charge in [-0.05, 0) is 0 Å². The van der Waals surface area contributed by atoms with Crippen molar-refractivity contribution in [3.63, 3.8) is 0 Å². The molecule has 0 radical (unpaired) electrons. The smallest absolute Gasteiger partial charge is 0.174 e. The number of carbonyl (C=O) groups is 1. The molecule has 0 heterocycles. The van der Waals surface area contributed by atoms with Crippen molar-refractivity contribution < 1.29 is 4.79 Å². The predicted molar refractivity (Wildman–Crippen MR) is 29.1 cm³/mol. The van der Waals surface area contributed by atoms with Gasteiger partial charge in [-0.15, -0.1) is 11.6 Å². The van der Waals surface area contributed by atoms with Crippen molar-refractivity contribution >= 4 is 23.6 Å². The zero-order valence-corrected chi connectivity index (χ0v) is 4.53. The molecule has 7 heavy (non-hydrogen) atoms. The number of hydrogen-bond acceptors (Lipinski definition) is 2. The van der Waals surface area contributed by atoms with Crippen LogP contribution in [0.25, 0.3) is 0 Å². The number of hydrogen-bond donors (Lipinski definition) is 1. The highest BCUT2D eigenvalue weighted by Crippen LogP contribution is 1.82. The second kappa shape index (κ2) is 3.81. The normalized spacial score (nSPS) is 8.14. The van der Waals surface area contributed by atoms with Crippen LogP contribution < -0.4 is 0 Å². The summed E-state index contributed by atoms with van der Waals surface area (Å²) in [5.41, 5.74) is 0. The number of rotatable bonds is 3. The van der Waals surface area contributed by atoms with Gasteiger partial charge in [0.1, 0.15) is 0 Å². The maximum atomic E-state index is 10.1. The lowest BCUT2D eigenvalue weighted by molar-refractivity contribution is -0.112. The molecule has 0 saturated carbocycles. The van der Waals surface area contributed by atoms with Gasteiger partial charge in [0.2, 0.25) is 0 Å². The van der Waals surface area contributed by atoms with Gasteiger partial charge in [0.25, 0.3) is 0 Å². The first kappa shape index (κ1) is 6.63. The maximum Gasteiger partial charge on any atom is 0.174 e. The maximum absolute atomic E-state index is 10.1. The Morgan fingerprint density at radius 3 is 2.57 bits per heavy atom. The van der Waals surface area contributed by atoms with Crippen LogP contribution in [0.5, 0.6) is 0 Å². The van der Waals surface area contributed by atoms with Gasteiger partial charge in [-0.1, -0.05) is 0 Å². The summed E-state index contributed by atoms with van der Waals surface area (Å²) < 4.78 is 0. The van der Waals surface area contributed by atoms with Crippen molar-refractivity contribution in [1.82, 2.24) is 0 Å². The van der Waals surface area contributed by atoms with E-state index in [2.05, 4.69) is 0 Å². The molecule has 0 amide bonds. The molecule has 0 fully saturated rings. The molecule has 3 heteroatoms. The van der Waals surface area contributed by atoms with Crippen LogP contribution in [0.2, 0.25) is 0 Å². The van der Waals surface area contributed by atoms with Gasteiger partial charge in [-0.25, -0.2) is 0 Å². The largest absolute Gasteiger partial charge is 0.305 e. The lowest BCUT2D eigenvalue weighted by Gasteiger charge is -1.80. The molecule has 0 aliphatic heterocycles. The molecular weight excluding hydrogens is 114 g/mol. The number of alkyl halides is 1. The molecule has 2 nitrogen and oxygen atoms in total.